The molecule has 5 nitrogen and oxygen atoms in total. The zero-order valence-corrected chi connectivity index (χ0v) is 21.3. The first-order valence-electron chi connectivity index (χ1n) is 10.5. The molecule has 0 aliphatic carbocycles. The molecule has 2 aromatic carbocycles. The molecule has 0 spiro atoms. The Labute approximate surface area is 203 Å². The van der Waals surface area contributed by atoms with E-state index in [-0.39, 0.29) is 30.3 Å². The minimum atomic E-state index is -1.03. The van der Waals surface area contributed by atoms with E-state index in [1.54, 1.807) is 0 Å². The third kappa shape index (κ3) is 7.35. The molecule has 0 bridgehead atoms. The molecular weight excluding hydrogens is 471 g/mol. The standard InChI is InChI=1S/C24H32Cl2O5S/c1-5-32(29)15-20(28)14-30-21-8-6-17(7-9-21)24(3,4)18-10-16(2)23(22(26)11-18)31-13-19(27)12-25/h6-11,19-20,27-28H,5,12-15H2,1-4H3. The van der Waals surface area contributed by atoms with Gasteiger partial charge in [-0.3, -0.25) is 4.21 Å². The quantitative estimate of drug-likeness (QED) is 0.419. The fourth-order valence-corrected chi connectivity index (χ4v) is 4.38. The summed E-state index contributed by atoms with van der Waals surface area (Å²) in [4.78, 5) is 0. The lowest BCUT2D eigenvalue weighted by molar-refractivity contribution is 0.125. The molecule has 0 saturated heterocycles. The van der Waals surface area contributed by atoms with Crippen molar-refractivity contribution >= 4 is 34.0 Å². The SMILES string of the molecule is CCS(=O)CC(O)COc1ccc(C(C)(C)c2cc(C)c(OCC(O)CCl)c(Cl)c2)cc1. The Hall–Kier alpha value is -1.31. The van der Waals surface area contributed by atoms with E-state index in [0.717, 1.165) is 16.7 Å². The number of aryl methyl sites for hydroxylation is 1. The molecule has 0 saturated carbocycles. The monoisotopic (exact) mass is 502 g/mol. The molecule has 0 aliphatic rings. The van der Waals surface area contributed by atoms with Gasteiger partial charge in [-0.1, -0.05) is 50.6 Å². The highest BCUT2D eigenvalue weighted by molar-refractivity contribution is 7.84. The van der Waals surface area contributed by atoms with Gasteiger partial charge in [-0.25, -0.2) is 0 Å². The number of hydrogen-bond donors (Lipinski definition) is 2. The summed E-state index contributed by atoms with van der Waals surface area (Å²) in [6.07, 6.45) is -1.51. The van der Waals surface area contributed by atoms with Crippen LogP contribution in [-0.4, -0.2) is 57.2 Å². The van der Waals surface area contributed by atoms with E-state index < -0.39 is 23.0 Å². The van der Waals surface area contributed by atoms with E-state index in [2.05, 4.69) is 13.8 Å². The minimum absolute atomic E-state index is 0.0807. The van der Waals surface area contributed by atoms with Crippen LogP contribution in [-0.2, 0) is 16.2 Å². The van der Waals surface area contributed by atoms with Crippen molar-refractivity contribution in [3.63, 3.8) is 0 Å². The van der Waals surface area contributed by atoms with Crippen molar-refractivity contribution in [1.82, 2.24) is 0 Å². The van der Waals surface area contributed by atoms with Gasteiger partial charge >= 0.3 is 0 Å². The van der Waals surface area contributed by atoms with Crippen LogP contribution in [0.4, 0.5) is 0 Å². The number of aliphatic hydroxyl groups is 2. The summed E-state index contributed by atoms with van der Waals surface area (Å²) in [6.45, 7) is 8.14. The molecule has 3 unspecified atom stereocenters. The number of rotatable bonds is 12. The predicted octanol–water partition coefficient (Wildman–Crippen LogP) is 4.46. The summed E-state index contributed by atoms with van der Waals surface area (Å²) in [6, 6.07) is 11.6. The number of alkyl halides is 1. The number of benzene rings is 2. The topological polar surface area (TPSA) is 76.0 Å². The Morgan fingerprint density at radius 3 is 2.22 bits per heavy atom. The highest BCUT2D eigenvalue weighted by Crippen LogP contribution is 2.38. The molecule has 0 radical (unpaired) electrons. The van der Waals surface area contributed by atoms with Crippen molar-refractivity contribution in [3.8, 4) is 11.5 Å². The van der Waals surface area contributed by atoms with Crippen molar-refractivity contribution in [2.45, 2.75) is 45.3 Å². The molecule has 2 N–H and O–H groups in total. The van der Waals surface area contributed by atoms with Gasteiger partial charge < -0.3 is 19.7 Å². The van der Waals surface area contributed by atoms with Crippen molar-refractivity contribution in [3.05, 3.63) is 58.1 Å². The van der Waals surface area contributed by atoms with Gasteiger partial charge in [0, 0.05) is 22.0 Å². The average molecular weight is 503 g/mol. The lowest BCUT2D eigenvalue weighted by atomic mass is 9.77. The molecule has 0 amide bonds. The molecule has 0 aliphatic heterocycles. The minimum Gasteiger partial charge on any atom is -0.491 e. The first kappa shape index (κ1) is 26.9. The summed E-state index contributed by atoms with van der Waals surface area (Å²) >= 11 is 12.1. The maximum atomic E-state index is 11.5. The summed E-state index contributed by atoms with van der Waals surface area (Å²) in [7, 11) is -1.03. The van der Waals surface area contributed by atoms with Gasteiger partial charge in [0.1, 0.15) is 30.8 Å². The zero-order valence-electron chi connectivity index (χ0n) is 18.9. The lowest BCUT2D eigenvalue weighted by Gasteiger charge is -2.28. The van der Waals surface area contributed by atoms with Crippen molar-refractivity contribution in [1.29, 1.82) is 0 Å². The van der Waals surface area contributed by atoms with Gasteiger partial charge in [0.15, 0.2) is 0 Å². The lowest BCUT2D eigenvalue weighted by Crippen LogP contribution is -2.25. The highest BCUT2D eigenvalue weighted by Gasteiger charge is 2.25. The average Bonchev–Trinajstić information content (AvgIpc) is 2.76. The fourth-order valence-electron chi connectivity index (χ4n) is 3.21. The molecule has 2 aromatic rings. The van der Waals surface area contributed by atoms with Gasteiger partial charge in [-0.05, 0) is 41.8 Å². The van der Waals surface area contributed by atoms with Crippen LogP contribution in [0.5, 0.6) is 11.5 Å². The second-order valence-electron chi connectivity index (χ2n) is 8.23. The van der Waals surface area contributed by atoms with Crippen molar-refractivity contribution in [2.24, 2.45) is 0 Å². The normalized spacial score (nSPS) is 14.6. The first-order chi connectivity index (χ1) is 15.1. The fraction of sp³-hybridized carbons (Fsp3) is 0.500. The van der Waals surface area contributed by atoms with E-state index in [1.807, 2.05) is 50.2 Å². The predicted molar refractivity (Wildman–Crippen MR) is 132 cm³/mol. The third-order valence-corrected chi connectivity index (χ3v) is 7.31. The maximum absolute atomic E-state index is 11.5. The summed E-state index contributed by atoms with van der Waals surface area (Å²) in [5, 5.41) is 20.1. The zero-order chi connectivity index (χ0) is 23.9. The second kappa shape index (κ2) is 12.2. The third-order valence-electron chi connectivity index (χ3n) is 5.27. The van der Waals surface area contributed by atoms with E-state index >= 15 is 0 Å². The second-order valence-corrected chi connectivity index (χ2v) is 10.7. The van der Waals surface area contributed by atoms with Crippen LogP contribution in [0.2, 0.25) is 5.02 Å². The summed E-state index contributed by atoms with van der Waals surface area (Å²) < 4.78 is 22.8. The number of halogens is 2. The van der Waals surface area contributed by atoms with Gasteiger partial charge in [0.05, 0.1) is 22.8 Å². The summed E-state index contributed by atoms with van der Waals surface area (Å²) in [5.74, 6) is 2.01. The summed E-state index contributed by atoms with van der Waals surface area (Å²) in [5.41, 5.74) is 2.63. The first-order valence-corrected chi connectivity index (χ1v) is 12.9. The van der Waals surface area contributed by atoms with Crippen LogP contribution in [0.1, 0.15) is 37.5 Å². The maximum Gasteiger partial charge on any atom is 0.140 e. The number of hydrogen-bond acceptors (Lipinski definition) is 5. The van der Waals surface area contributed by atoms with E-state index in [4.69, 9.17) is 32.7 Å². The van der Waals surface area contributed by atoms with Crippen LogP contribution in [0, 0.1) is 6.92 Å². The van der Waals surface area contributed by atoms with Gasteiger partial charge in [-0.15, -0.1) is 11.6 Å². The van der Waals surface area contributed by atoms with E-state index in [0.29, 0.717) is 22.3 Å². The number of aliphatic hydroxyl groups excluding tert-OH is 2. The molecule has 178 valence electrons. The number of ether oxygens (including phenoxy) is 2. The Balaban J connectivity index is 2.11. The molecule has 8 heteroatoms. The molecule has 3 atom stereocenters. The molecule has 2 rings (SSSR count). The van der Waals surface area contributed by atoms with Crippen LogP contribution in [0.3, 0.4) is 0 Å². The van der Waals surface area contributed by atoms with Crippen LogP contribution in [0.15, 0.2) is 36.4 Å². The van der Waals surface area contributed by atoms with Crippen LogP contribution >= 0.6 is 23.2 Å². The Morgan fingerprint density at radius 2 is 1.66 bits per heavy atom. The molecule has 0 aromatic heterocycles. The highest BCUT2D eigenvalue weighted by atomic mass is 35.5. The van der Waals surface area contributed by atoms with E-state index in [1.165, 1.54) is 0 Å². The van der Waals surface area contributed by atoms with Gasteiger partial charge in [0.2, 0.25) is 0 Å². The van der Waals surface area contributed by atoms with Crippen LogP contribution < -0.4 is 9.47 Å². The molecule has 0 fully saturated rings. The van der Waals surface area contributed by atoms with Crippen LogP contribution in [0.25, 0.3) is 0 Å². The van der Waals surface area contributed by atoms with Gasteiger partial charge in [-0.2, -0.15) is 0 Å². The molecular formula is C24H32Cl2O5S. The molecule has 32 heavy (non-hydrogen) atoms. The van der Waals surface area contributed by atoms with Gasteiger partial charge in [0.25, 0.3) is 0 Å². The Kier molecular flexibility index (Phi) is 10.3. The van der Waals surface area contributed by atoms with Crippen molar-refractivity contribution < 1.29 is 23.9 Å². The largest absolute Gasteiger partial charge is 0.491 e. The smallest absolute Gasteiger partial charge is 0.140 e. The van der Waals surface area contributed by atoms with E-state index in [9.17, 15) is 14.4 Å². The van der Waals surface area contributed by atoms with Crippen molar-refractivity contribution in [2.75, 3.05) is 30.6 Å². The molecule has 0 heterocycles. The Morgan fingerprint density at radius 1 is 1.03 bits per heavy atom. The Bertz CT molecular complexity index is 879.